The highest BCUT2D eigenvalue weighted by Gasteiger charge is 2.25. The number of H-pyrrole nitrogens is 1. The summed E-state index contributed by atoms with van der Waals surface area (Å²) >= 11 is 0. The van der Waals surface area contributed by atoms with Crippen LogP contribution in [0, 0.1) is 5.92 Å². The zero-order valence-corrected chi connectivity index (χ0v) is 25.0. The molecule has 3 aromatic rings. The van der Waals surface area contributed by atoms with Crippen molar-refractivity contribution < 1.29 is 29.0 Å². The summed E-state index contributed by atoms with van der Waals surface area (Å²) in [6.07, 6.45) is 5.32. The van der Waals surface area contributed by atoms with Crippen molar-refractivity contribution in [2.24, 2.45) is 5.92 Å². The van der Waals surface area contributed by atoms with Crippen molar-refractivity contribution in [1.82, 2.24) is 25.5 Å². The summed E-state index contributed by atoms with van der Waals surface area (Å²) in [4.78, 5) is 59.5. The molecule has 1 unspecified atom stereocenters. The Morgan fingerprint density at radius 1 is 1.05 bits per heavy atom. The Morgan fingerprint density at radius 2 is 1.74 bits per heavy atom. The third kappa shape index (κ3) is 9.56. The number of amides is 3. The Balaban J connectivity index is 1.38. The van der Waals surface area contributed by atoms with Crippen LogP contribution in [0.4, 0.5) is 4.79 Å². The maximum Gasteiger partial charge on any atom is 0.408 e. The van der Waals surface area contributed by atoms with Gasteiger partial charge in [0.2, 0.25) is 5.91 Å². The van der Waals surface area contributed by atoms with E-state index in [1.165, 1.54) is 25.7 Å². The fourth-order valence-electron chi connectivity index (χ4n) is 5.21. The number of fused-ring (bicyclic) bond motifs is 1. The van der Waals surface area contributed by atoms with Crippen LogP contribution in [-0.2, 0) is 27.4 Å². The second-order valence-corrected chi connectivity index (χ2v) is 12.1. The number of aromatic nitrogens is 2. The molecule has 11 heteroatoms. The van der Waals surface area contributed by atoms with Gasteiger partial charge < -0.3 is 30.4 Å². The first kappa shape index (κ1) is 31.5. The van der Waals surface area contributed by atoms with E-state index in [2.05, 4.69) is 20.6 Å². The summed E-state index contributed by atoms with van der Waals surface area (Å²) in [5.41, 5.74) is 2.13. The smallest absolute Gasteiger partial charge is 0.408 e. The molecule has 4 rings (SSSR count). The van der Waals surface area contributed by atoms with Crippen LogP contribution in [0.3, 0.4) is 0 Å². The Morgan fingerprint density at radius 3 is 2.40 bits per heavy atom. The van der Waals surface area contributed by atoms with E-state index in [0.717, 1.165) is 23.0 Å². The number of nitrogens with zero attached hydrogens (tertiary/aromatic N) is 2. The molecular weight excluding hydrogens is 550 g/mol. The van der Waals surface area contributed by atoms with Gasteiger partial charge >= 0.3 is 12.1 Å². The van der Waals surface area contributed by atoms with Crippen LogP contribution < -0.4 is 10.6 Å². The minimum atomic E-state index is -1.36. The lowest BCUT2D eigenvalue weighted by Crippen LogP contribution is -2.49. The molecule has 1 atom stereocenters. The quantitative estimate of drug-likeness (QED) is 0.237. The number of rotatable bonds is 12. The van der Waals surface area contributed by atoms with Crippen molar-refractivity contribution in [2.45, 2.75) is 84.0 Å². The number of carbonyl (C=O) groups is 4. The molecular formula is C32H41N5O6. The van der Waals surface area contributed by atoms with Gasteiger partial charge in [-0.05, 0) is 62.9 Å². The van der Waals surface area contributed by atoms with E-state index in [4.69, 9.17) is 4.74 Å². The molecule has 230 valence electrons. The van der Waals surface area contributed by atoms with Crippen LogP contribution >= 0.6 is 0 Å². The maximum atomic E-state index is 13.4. The van der Waals surface area contributed by atoms with Gasteiger partial charge in [-0.3, -0.25) is 9.59 Å². The third-order valence-electron chi connectivity index (χ3n) is 7.42. The van der Waals surface area contributed by atoms with Crippen LogP contribution in [0.15, 0.2) is 48.5 Å². The van der Waals surface area contributed by atoms with E-state index in [0.29, 0.717) is 36.8 Å². The molecule has 3 amide bonds. The number of aromatic amines is 1. The first-order valence-corrected chi connectivity index (χ1v) is 14.8. The van der Waals surface area contributed by atoms with E-state index in [9.17, 15) is 24.3 Å². The van der Waals surface area contributed by atoms with Gasteiger partial charge in [-0.1, -0.05) is 49.9 Å². The summed E-state index contributed by atoms with van der Waals surface area (Å²) in [5, 5.41) is 14.3. The minimum absolute atomic E-state index is 0.0615. The molecule has 1 heterocycles. The molecule has 11 nitrogen and oxygen atoms in total. The molecule has 1 aromatic heterocycles. The number of imidazole rings is 1. The fraction of sp³-hybridized carbons (Fsp3) is 0.469. The van der Waals surface area contributed by atoms with E-state index < -0.39 is 29.6 Å². The number of nitrogens with one attached hydrogen (secondary N) is 3. The minimum Gasteiger partial charge on any atom is -0.480 e. The molecule has 1 aliphatic carbocycles. The van der Waals surface area contributed by atoms with Gasteiger partial charge in [0.05, 0.1) is 17.6 Å². The van der Waals surface area contributed by atoms with Gasteiger partial charge in [-0.25, -0.2) is 14.6 Å². The number of ether oxygens (including phenoxy) is 1. The predicted octanol–water partition coefficient (Wildman–Crippen LogP) is 4.77. The molecule has 1 aliphatic rings. The van der Waals surface area contributed by atoms with Crippen LogP contribution in [0.1, 0.15) is 81.0 Å². The lowest BCUT2D eigenvalue weighted by atomic mass is 10.0. The maximum absolute atomic E-state index is 13.4. The van der Waals surface area contributed by atoms with Crippen LogP contribution in [0.5, 0.6) is 0 Å². The normalized spacial score (nSPS) is 14.3. The van der Waals surface area contributed by atoms with Gasteiger partial charge in [-0.2, -0.15) is 0 Å². The lowest BCUT2D eigenvalue weighted by molar-refractivity contribution is -0.139. The molecule has 0 radical (unpaired) electrons. The Labute approximate surface area is 251 Å². The zero-order chi connectivity index (χ0) is 31.0. The van der Waals surface area contributed by atoms with Gasteiger partial charge in [0, 0.05) is 25.1 Å². The van der Waals surface area contributed by atoms with Crippen molar-refractivity contribution in [3.63, 3.8) is 0 Å². The SMILES string of the molecule is CC(C)(C)OC(=O)NC(CNC(=O)c1ccc(CN(Cc2nc3ccccc3[nH]2)C(=O)CCC2CCCC2)cc1)C(=O)O. The second kappa shape index (κ2) is 14.2. The highest BCUT2D eigenvalue weighted by molar-refractivity contribution is 5.94. The average Bonchev–Trinajstić information content (AvgIpc) is 3.62. The van der Waals surface area contributed by atoms with E-state index in [-0.39, 0.29) is 12.5 Å². The van der Waals surface area contributed by atoms with Crippen molar-refractivity contribution in [1.29, 1.82) is 0 Å². The van der Waals surface area contributed by atoms with Crippen LogP contribution in [0.25, 0.3) is 11.0 Å². The highest BCUT2D eigenvalue weighted by Crippen LogP contribution is 2.29. The van der Waals surface area contributed by atoms with Gasteiger partial charge in [0.1, 0.15) is 17.5 Å². The number of alkyl carbamates (subject to hydrolysis) is 1. The molecule has 2 aromatic carbocycles. The van der Waals surface area contributed by atoms with Crippen molar-refractivity contribution in [3.8, 4) is 0 Å². The second-order valence-electron chi connectivity index (χ2n) is 12.1. The standard InChI is InChI=1S/C32H41N5O6/c1-32(2,3)43-31(42)36-26(30(40)41)18-33-29(39)23-15-12-22(13-16-23)19-37(28(38)17-14-21-8-4-5-9-21)20-27-34-24-10-6-7-11-25(24)35-27/h6-7,10-13,15-16,21,26H,4-5,8-9,14,17-20H2,1-3H3,(H,33,39)(H,34,35)(H,36,42)(H,40,41). The monoisotopic (exact) mass is 591 g/mol. The number of hydrogen-bond acceptors (Lipinski definition) is 6. The van der Waals surface area contributed by atoms with E-state index in [1.54, 1.807) is 49.9 Å². The summed E-state index contributed by atoms with van der Waals surface area (Å²) in [7, 11) is 0. The number of carbonyl (C=O) groups excluding carboxylic acids is 3. The topological polar surface area (TPSA) is 154 Å². The zero-order valence-electron chi connectivity index (χ0n) is 25.0. The largest absolute Gasteiger partial charge is 0.480 e. The highest BCUT2D eigenvalue weighted by atomic mass is 16.6. The van der Waals surface area contributed by atoms with Gasteiger partial charge in [0.15, 0.2) is 0 Å². The first-order chi connectivity index (χ1) is 20.5. The Bertz CT molecular complexity index is 1390. The molecule has 1 fully saturated rings. The Kier molecular flexibility index (Phi) is 10.4. The molecule has 43 heavy (non-hydrogen) atoms. The summed E-state index contributed by atoms with van der Waals surface area (Å²) in [5.74, 6) is -0.417. The number of carboxylic acid groups (broad SMARTS) is 1. The predicted molar refractivity (Wildman–Crippen MR) is 161 cm³/mol. The fourth-order valence-corrected chi connectivity index (χ4v) is 5.21. The van der Waals surface area contributed by atoms with E-state index in [1.807, 2.05) is 24.3 Å². The molecule has 0 bridgehead atoms. The van der Waals surface area contributed by atoms with Crippen molar-refractivity contribution >= 4 is 34.9 Å². The van der Waals surface area contributed by atoms with Gasteiger partial charge in [0.25, 0.3) is 5.91 Å². The summed E-state index contributed by atoms with van der Waals surface area (Å²) in [6.45, 7) is 5.36. The van der Waals surface area contributed by atoms with Crippen LogP contribution in [0.2, 0.25) is 0 Å². The molecule has 4 N–H and O–H groups in total. The number of benzene rings is 2. The van der Waals surface area contributed by atoms with Crippen LogP contribution in [-0.4, -0.2) is 62.0 Å². The average molecular weight is 592 g/mol. The summed E-state index contributed by atoms with van der Waals surface area (Å²) < 4.78 is 5.11. The molecule has 0 spiro atoms. The first-order valence-electron chi connectivity index (χ1n) is 14.8. The van der Waals surface area contributed by atoms with Crippen molar-refractivity contribution in [2.75, 3.05) is 6.54 Å². The Hall–Kier alpha value is -4.41. The van der Waals surface area contributed by atoms with E-state index >= 15 is 0 Å². The molecule has 0 aliphatic heterocycles. The number of aliphatic carboxylic acids is 1. The lowest BCUT2D eigenvalue weighted by Gasteiger charge is -2.23. The van der Waals surface area contributed by atoms with Crippen molar-refractivity contribution in [3.05, 3.63) is 65.5 Å². The summed E-state index contributed by atoms with van der Waals surface area (Å²) in [6, 6.07) is 13.2. The molecule has 0 saturated heterocycles. The third-order valence-corrected chi connectivity index (χ3v) is 7.42. The number of hydrogen-bond donors (Lipinski definition) is 4. The number of para-hydroxylation sites is 2. The van der Waals surface area contributed by atoms with Gasteiger partial charge in [-0.15, -0.1) is 0 Å². The molecule has 1 saturated carbocycles. The number of carboxylic acids is 1.